The summed E-state index contributed by atoms with van der Waals surface area (Å²) in [5.41, 5.74) is 0. The van der Waals surface area contributed by atoms with E-state index in [0.29, 0.717) is 0 Å². The third-order valence-corrected chi connectivity index (χ3v) is 0.902. The molecule has 0 heterocycles. The van der Waals surface area contributed by atoms with Crippen molar-refractivity contribution in [2.45, 2.75) is 0 Å². The lowest BCUT2D eigenvalue weighted by Gasteiger charge is -1.71. The molecule has 0 N–H and O–H groups in total. The van der Waals surface area contributed by atoms with E-state index in [9.17, 15) is 0 Å². The Labute approximate surface area is 63.3 Å². The molecule has 0 aromatic heterocycles. The Morgan fingerprint density at radius 2 is 2.25 bits per heavy atom. The second-order valence-electron chi connectivity index (χ2n) is 1.07. The van der Waals surface area contributed by atoms with Gasteiger partial charge in [0.25, 0.3) is 0 Å². The molecule has 0 aromatic rings. The van der Waals surface area contributed by atoms with Gasteiger partial charge < -0.3 is 0 Å². The molecule has 0 rings (SSSR count). The van der Waals surface area contributed by atoms with Crippen molar-refractivity contribution >= 4 is 28.8 Å². The SMILES string of the molecule is C=C/C=C\C=NCI. The van der Waals surface area contributed by atoms with E-state index in [1.165, 1.54) is 0 Å². The van der Waals surface area contributed by atoms with Gasteiger partial charge in [-0.05, 0) is 6.08 Å². The van der Waals surface area contributed by atoms with E-state index < -0.39 is 0 Å². The van der Waals surface area contributed by atoms with Gasteiger partial charge in [-0.15, -0.1) is 0 Å². The van der Waals surface area contributed by atoms with Crippen LogP contribution in [0.4, 0.5) is 0 Å². The minimum absolute atomic E-state index is 0.819. The molecule has 1 nitrogen and oxygen atoms in total. The van der Waals surface area contributed by atoms with Crippen molar-refractivity contribution in [3.05, 3.63) is 24.8 Å². The van der Waals surface area contributed by atoms with E-state index in [4.69, 9.17) is 0 Å². The van der Waals surface area contributed by atoms with Gasteiger partial charge >= 0.3 is 0 Å². The molecule has 0 bridgehead atoms. The van der Waals surface area contributed by atoms with Crippen molar-refractivity contribution in [2.24, 2.45) is 4.99 Å². The van der Waals surface area contributed by atoms with E-state index in [1.54, 1.807) is 12.3 Å². The van der Waals surface area contributed by atoms with Crippen molar-refractivity contribution in [1.29, 1.82) is 0 Å². The molecule has 0 aliphatic carbocycles. The molecule has 0 fully saturated rings. The summed E-state index contributed by atoms with van der Waals surface area (Å²) in [6.45, 7) is 3.51. The first kappa shape index (κ1) is 7.88. The molecule has 2 heteroatoms. The van der Waals surface area contributed by atoms with Crippen LogP contribution in [0.1, 0.15) is 0 Å². The topological polar surface area (TPSA) is 12.4 Å². The van der Waals surface area contributed by atoms with Gasteiger partial charge in [0.05, 0.1) is 4.55 Å². The van der Waals surface area contributed by atoms with Crippen LogP contribution in [-0.4, -0.2) is 10.8 Å². The maximum Gasteiger partial charge on any atom is 0.0904 e. The first-order valence-corrected chi connectivity index (χ1v) is 3.78. The molecule has 0 spiro atoms. The number of nitrogens with zero attached hydrogens (tertiary/aromatic N) is 1. The quantitative estimate of drug-likeness (QED) is 0.228. The van der Waals surface area contributed by atoms with Crippen LogP contribution in [0.5, 0.6) is 0 Å². The second kappa shape index (κ2) is 6.88. The normalized spacial score (nSPS) is 11.1. The van der Waals surface area contributed by atoms with Crippen LogP contribution in [0.25, 0.3) is 0 Å². The first-order chi connectivity index (χ1) is 3.91. The van der Waals surface area contributed by atoms with Gasteiger partial charge in [0.15, 0.2) is 0 Å². The van der Waals surface area contributed by atoms with Crippen molar-refractivity contribution < 1.29 is 0 Å². The maximum atomic E-state index is 3.94. The molecule has 8 heavy (non-hydrogen) atoms. The zero-order chi connectivity index (χ0) is 6.24. The van der Waals surface area contributed by atoms with Gasteiger partial charge in [-0.3, -0.25) is 4.99 Å². The van der Waals surface area contributed by atoms with Crippen LogP contribution >= 0.6 is 22.6 Å². The molecule has 0 aliphatic rings. The minimum atomic E-state index is 0.819. The first-order valence-electron chi connectivity index (χ1n) is 2.25. The fraction of sp³-hybridized carbons (Fsp3) is 0.167. The highest BCUT2D eigenvalue weighted by Crippen LogP contribution is 1.79. The highest BCUT2D eigenvalue weighted by molar-refractivity contribution is 14.1. The molecule has 0 saturated heterocycles. The summed E-state index contributed by atoms with van der Waals surface area (Å²) in [4.78, 5) is 3.94. The van der Waals surface area contributed by atoms with Crippen molar-refractivity contribution in [2.75, 3.05) is 4.55 Å². The summed E-state index contributed by atoms with van der Waals surface area (Å²) >= 11 is 2.18. The lowest BCUT2D eigenvalue weighted by atomic mass is 10.5. The Morgan fingerprint density at radius 1 is 1.50 bits per heavy atom. The van der Waals surface area contributed by atoms with Gasteiger partial charge in [0.1, 0.15) is 0 Å². The Morgan fingerprint density at radius 3 is 2.75 bits per heavy atom. The van der Waals surface area contributed by atoms with Crippen LogP contribution in [0.3, 0.4) is 0 Å². The van der Waals surface area contributed by atoms with Gasteiger partial charge in [-0.25, -0.2) is 0 Å². The standard InChI is InChI=1S/C6H8IN/c1-2-3-4-5-8-6-7/h2-5H,1,6H2/b4-3-,8-5?. The van der Waals surface area contributed by atoms with E-state index in [0.717, 1.165) is 4.55 Å². The second-order valence-corrected chi connectivity index (χ2v) is 1.75. The molecule has 0 radical (unpaired) electrons. The Hall–Kier alpha value is -0.120. The van der Waals surface area contributed by atoms with E-state index in [2.05, 4.69) is 34.2 Å². The van der Waals surface area contributed by atoms with Crippen LogP contribution in [0.2, 0.25) is 0 Å². The maximum absolute atomic E-state index is 3.94. The zero-order valence-electron chi connectivity index (χ0n) is 4.55. The average molecular weight is 221 g/mol. The van der Waals surface area contributed by atoms with Crippen molar-refractivity contribution in [3.8, 4) is 0 Å². The van der Waals surface area contributed by atoms with Crippen molar-refractivity contribution in [3.63, 3.8) is 0 Å². The number of hydrogen-bond acceptors (Lipinski definition) is 1. The number of rotatable bonds is 3. The van der Waals surface area contributed by atoms with Gasteiger partial charge in [0, 0.05) is 6.21 Å². The molecule has 0 atom stereocenters. The fourth-order valence-corrected chi connectivity index (χ4v) is 0.456. The molecular weight excluding hydrogens is 213 g/mol. The number of aliphatic imine (C=N–C) groups is 1. The lowest BCUT2D eigenvalue weighted by molar-refractivity contribution is 1.45. The number of alkyl halides is 1. The number of halogens is 1. The van der Waals surface area contributed by atoms with Crippen LogP contribution in [0, 0.1) is 0 Å². The van der Waals surface area contributed by atoms with E-state index in [-0.39, 0.29) is 0 Å². The van der Waals surface area contributed by atoms with Gasteiger partial charge in [-0.2, -0.15) is 0 Å². The monoisotopic (exact) mass is 221 g/mol. The average Bonchev–Trinajstić information content (AvgIpc) is 1.81. The zero-order valence-corrected chi connectivity index (χ0v) is 6.71. The summed E-state index contributed by atoms with van der Waals surface area (Å²) in [6, 6.07) is 0. The van der Waals surface area contributed by atoms with E-state index in [1.807, 2.05) is 12.2 Å². The molecule has 0 aliphatic heterocycles. The predicted octanol–water partition coefficient (Wildman–Crippen LogP) is 2.19. The fourth-order valence-electron chi connectivity index (χ4n) is 0.229. The molecule has 0 aromatic carbocycles. The Bertz CT molecular complexity index is 105. The summed E-state index contributed by atoms with van der Waals surface area (Å²) < 4.78 is 0.819. The molecule has 0 unspecified atom stereocenters. The largest absolute Gasteiger partial charge is 0.283 e. The smallest absolute Gasteiger partial charge is 0.0904 e. The third-order valence-electron chi connectivity index (χ3n) is 0.508. The molecule has 44 valence electrons. The van der Waals surface area contributed by atoms with Crippen LogP contribution < -0.4 is 0 Å². The van der Waals surface area contributed by atoms with Crippen LogP contribution in [-0.2, 0) is 0 Å². The Balaban J connectivity index is 3.26. The molecule has 0 saturated carbocycles. The van der Waals surface area contributed by atoms with Gasteiger partial charge in [-0.1, -0.05) is 41.3 Å². The van der Waals surface area contributed by atoms with E-state index >= 15 is 0 Å². The summed E-state index contributed by atoms with van der Waals surface area (Å²) in [7, 11) is 0. The number of allylic oxidation sites excluding steroid dienone is 3. The predicted molar refractivity (Wildman–Crippen MR) is 46.7 cm³/mol. The van der Waals surface area contributed by atoms with Gasteiger partial charge in [0.2, 0.25) is 0 Å². The highest BCUT2D eigenvalue weighted by atomic mass is 127. The summed E-state index contributed by atoms with van der Waals surface area (Å²) in [5.74, 6) is 0. The van der Waals surface area contributed by atoms with Crippen molar-refractivity contribution in [1.82, 2.24) is 0 Å². The third kappa shape index (κ3) is 5.88. The van der Waals surface area contributed by atoms with Crippen LogP contribution in [0.15, 0.2) is 29.8 Å². The highest BCUT2D eigenvalue weighted by Gasteiger charge is 1.60. The molecular formula is C6H8IN. The summed E-state index contributed by atoms with van der Waals surface area (Å²) in [5, 5.41) is 0. The lowest BCUT2D eigenvalue weighted by Crippen LogP contribution is -1.63. The summed E-state index contributed by atoms with van der Waals surface area (Å²) in [6.07, 6.45) is 7.18. The Kier molecular flexibility index (Phi) is 6.78. The number of hydrogen-bond donors (Lipinski definition) is 0. The minimum Gasteiger partial charge on any atom is -0.283 e. The molecule has 0 amide bonds.